The lowest BCUT2D eigenvalue weighted by atomic mass is 10.0. The Morgan fingerprint density at radius 1 is 1.35 bits per heavy atom. The number of hydrogen-bond donors (Lipinski definition) is 2. The third-order valence-corrected chi connectivity index (χ3v) is 5.06. The molecule has 6 nitrogen and oxygen atoms in total. The van der Waals surface area contributed by atoms with Gasteiger partial charge in [-0.05, 0) is 48.7 Å². The number of anilines is 1. The first-order chi connectivity index (χ1) is 12.7. The second-order valence-corrected chi connectivity index (χ2v) is 6.49. The number of aromatic amines is 1. The van der Waals surface area contributed by atoms with E-state index in [1.54, 1.807) is 19.5 Å². The van der Waals surface area contributed by atoms with Gasteiger partial charge in [0.1, 0.15) is 11.6 Å². The smallest absolute Gasteiger partial charge is 0.256 e. The number of benzene rings is 1. The Kier molecular flexibility index (Phi) is 4.24. The van der Waals surface area contributed by atoms with Crippen molar-refractivity contribution >= 4 is 22.6 Å². The van der Waals surface area contributed by atoms with Gasteiger partial charge < -0.3 is 19.9 Å². The van der Waals surface area contributed by atoms with Crippen molar-refractivity contribution in [2.75, 3.05) is 26.0 Å². The Hall–Kier alpha value is -3.02. The predicted octanol–water partition coefficient (Wildman–Crippen LogP) is 3.59. The minimum atomic E-state index is 0.0508. The number of likely N-dealkylation sites (tertiary alicyclic amines) is 1. The molecule has 4 rings (SSSR count). The number of pyridine rings is 1. The van der Waals surface area contributed by atoms with Gasteiger partial charge in [0.05, 0.1) is 18.7 Å². The zero-order valence-corrected chi connectivity index (χ0v) is 15.0. The first-order valence-electron chi connectivity index (χ1n) is 8.81. The van der Waals surface area contributed by atoms with Gasteiger partial charge in [0.2, 0.25) is 0 Å². The van der Waals surface area contributed by atoms with Crippen LogP contribution in [0.2, 0.25) is 0 Å². The zero-order chi connectivity index (χ0) is 18.1. The number of amides is 1. The van der Waals surface area contributed by atoms with E-state index in [1.165, 1.54) is 0 Å². The lowest BCUT2D eigenvalue weighted by Crippen LogP contribution is -2.30. The van der Waals surface area contributed by atoms with Gasteiger partial charge in [-0.1, -0.05) is 0 Å². The third-order valence-electron chi connectivity index (χ3n) is 5.06. The summed E-state index contributed by atoms with van der Waals surface area (Å²) in [5.41, 5.74) is 2.74. The molecule has 1 aliphatic rings. The number of fused-ring (bicyclic) bond motifs is 1. The van der Waals surface area contributed by atoms with Gasteiger partial charge >= 0.3 is 0 Å². The Morgan fingerprint density at radius 3 is 3.04 bits per heavy atom. The lowest BCUT2D eigenvalue weighted by molar-refractivity contribution is 0.0737. The summed E-state index contributed by atoms with van der Waals surface area (Å²) in [4.78, 5) is 22.7. The Labute approximate surface area is 152 Å². The maximum absolute atomic E-state index is 13.3. The van der Waals surface area contributed by atoms with Crippen molar-refractivity contribution in [3.63, 3.8) is 0 Å². The van der Waals surface area contributed by atoms with Crippen molar-refractivity contribution in [1.29, 1.82) is 0 Å². The van der Waals surface area contributed by atoms with E-state index in [-0.39, 0.29) is 11.9 Å². The van der Waals surface area contributed by atoms with Crippen molar-refractivity contribution in [3.05, 3.63) is 53.9 Å². The molecule has 1 aromatic carbocycles. The second-order valence-electron chi connectivity index (χ2n) is 6.49. The van der Waals surface area contributed by atoms with Gasteiger partial charge in [-0.3, -0.25) is 4.79 Å². The number of nitrogens with one attached hydrogen (secondary N) is 2. The van der Waals surface area contributed by atoms with Crippen LogP contribution in [0.5, 0.6) is 5.75 Å². The van der Waals surface area contributed by atoms with E-state index in [0.717, 1.165) is 47.4 Å². The quantitative estimate of drug-likeness (QED) is 0.754. The normalized spacial score (nSPS) is 16.8. The summed E-state index contributed by atoms with van der Waals surface area (Å²) in [6.07, 6.45) is 5.55. The number of hydrogen-bond acceptors (Lipinski definition) is 4. The summed E-state index contributed by atoms with van der Waals surface area (Å²) in [6.45, 7) is 0.761. The molecule has 1 amide bonds. The van der Waals surface area contributed by atoms with Crippen LogP contribution in [0.4, 0.5) is 5.82 Å². The number of nitrogens with zero attached hydrogens (tertiary/aromatic N) is 2. The number of H-pyrrole nitrogens is 1. The summed E-state index contributed by atoms with van der Waals surface area (Å²) in [5.74, 6) is 1.62. The molecule has 2 aromatic heterocycles. The number of aromatic nitrogens is 2. The number of carbonyl (C=O) groups is 1. The summed E-state index contributed by atoms with van der Waals surface area (Å²) < 4.78 is 5.32. The molecule has 1 aliphatic heterocycles. The molecule has 26 heavy (non-hydrogen) atoms. The van der Waals surface area contributed by atoms with Gasteiger partial charge in [0.15, 0.2) is 0 Å². The van der Waals surface area contributed by atoms with Gasteiger partial charge in [0, 0.05) is 36.9 Å². The highest BCUT2D eigenvalue weighted by Gasteiger charge is 2.32. The monoisotopic (exact) mass is 350 g/mol. The zero-order valence-electron chi connectivity index (χ0n) is 15.0. The Balaban J connectivity index is 1.69. The molecule has 2 N–H and O–H groups in total. The molecule has 3 heterocycles. The summed E-state index contributed by atoms with van der Waals surface area (Å²) >= 11 is 0. The molecule has 0 unspecified atom stereocenters. The minimum Gasteiger partial charge on any atom is -0.497 e. The fourth-order valence-electron chi connectivity index (χ4n) is 3.71. The predicted molar refractivity (Wildman–Crippen MR) is 102 cm³/mol. The molecule has 0 aliphatic carbocycles. The largest absolute Gasteiger partial charge is 0.497 e. The van der Waals surface area contributed by atoms with E-state index in [4.69, 9.17) is 4.74 Å². The minimum absolute atomic E-state index is 0.0508. The summed E-state index contributed by atoms with van der Waals surface area (Å²) in [6, 6.07) is 9.84. The standard InChI is InChI=1S/C20H22N4O2/c1-21-19-10-13(7-8-22-19)18-4-3-9-24(18)20(25)16-12-23-17-6-5-14(26-2)11-15(16)17/h5-8,10-12,18,23H,3-4,9H2,1-2H3,(H,21,22)/t18-/m1/s1. The van der Waals surface area contributed by atoms with Crippen LogP contribution in [-0.4, -0.2) is 41.5 Å². The van der Waals surface area contributed by atoms with E-state index >= 15 is 0 Å². The summed E-state index contributed by atoms with van der Waals surface area (Å²) in [5, 5.41) is 3.96. The van der Waals surface area contributed by atoms with Crippen LogP contribution in [0.1, 0.15) is 34.8 Å². The van der Waals surface area contributed by atoms with Crippen molar-refractivity contribution in [2.24, 2.45) is 0 Å². The average Bonchev–Trinajstić information content (AvgIpc) is 3.34. The Morgan fingerprint density at radius 2 is 2.23 bits per heavy atom. The van der Waals surface area contributed by atoms with Crippen molar-refractivity contribution < 1.29 is 9.53 Å². The molecule has 3 aromatic rings. The third kappa shape index (κ3) is 2.77. The van der Waals surface area contributed by atoms with E-state index in [2.05, 4.69) is 15.3 Å². The molecule has 1 saturated heterocycles. The molecule has 1 fully saturated rings. The molecule has 0 radical (unpaired) electrons. The molecule has 0 spiro atoms. The topological polar surface area (TPSA) is 70.2 Å². The van der Waals surface area contributed by atoms with Crippen molar-refractivity contribution in [1.82, 2.24) is 14.9 Å². The average molecular weight is 350 g/mol. The molecule has 0 saturated carbocycles. The van der Waals surface area contributed by atoms with Gasteiger partial charge in [-0.25, -0.2) is 4.98 Å². The number of carbonyl (C=O) groups excluding carboxylic acids is 1. The maximum atomic E-state index is 13.3. The number of methoxy groups -OCH3 is 1. The van der Waals surface area contributed by atoms with Crippen LogP contribution in [-0.2, 0) is 0 Å². The van der Waals surface area contributed by atoms with Crippen LogP contribution in [0.15, 0.2) is 42.7 Å². The first-order valence-corrected chi connectivity index (χ1v) is 8.81. The van der Waals surface area contributed by atoms with Crippen LogP contribution >= 0.6 is 0 Å². The fourth-order valence-corrected chi connectivity index (χ4v) is 3.71. The van der Waals surface area contributed by atoms with E-state index < -0.39 is 0 Å². The van der Waals surface area contributed by atoms with Crippen LogP contribution in [0.3, 0.4) is 0 Å². The molecule has 134 valence electrons. The van der Waals surface area contributed by atoms with Gasteiger partial charge in [-0.15, -0.1) is 0 Å². The van der Waals surface area contributed by atoms with E-state index in [0.29, 0.717) is 5.56 Å². The van der Waals surface area contributed by atoms with E-state index in [9.17, 15) is 4.79 Å². The highest BCUT2D eigenvalue weighted by molar-refractivity contribution is 6.07. The first kappa shape index (κ1) is 16.4. The summed E-state index contributed by atoms with van der Waals surface area (Å²) in [7, 11) is 3.48. The fraction of sp³-hybridized carbons (Fsp3) is 0.300. The van der Waals surface area contributed by atoms with E-state index in [1.807, 2.05) is 42.3 Å². The van der Waals surface area contributed by atoms with Crippen LogP contribution in [0.25, 0.3) is 10.9 Å². The molecule has 0 bridgehead atoms. The van der Waals surface area contributed by atoms with Gasteiger partial charge in [0.25, 0.3) is 5.91 Å². The molecule has 6 heteroatoms. The van der Waals surface area contributed by atoms with Crippen LogP contribution in [0, 0.1) is 0 Å². The number of ether oxygens (including phenoxy) is 1. The van der Waals surface area contributed by atoms with Crippen molar-refractivity contribution in [2.45, 2.75) is 18.9 Å². The van der Waals surface area contributed by atoms with Crippen molar-refractivity contribution in [3.8, 4) is 5.75 Å². The Bertz CT molecular complexity index is 950. The highest BCUT2D eigenvalue weighted by Crippen LogP contribution is 2.35. The van der Waals surface area contributed by atoms with Crippen LogP contribution < -0.4 is 10.1 Å². The highest BCUT2D eigenvalue weighted by atomic mass is 16.5. The SMILES string of the molecule is CNc1cc([C@H]2CCCN2C(=O)c2c[nH]c3ccc(OC)cc23)ccn1. The van der Waals surface area contributed by atoms with Gasteiger partial charge in [-0.2, -0.15) is 0 Å². The molecular weight excluding hydrogens is 328 g/mol. The molecule has 1 atom stereocenters. The number of rotatable bonds is 4. The lowest BCUT2D eigenvalue weighted by Gasteiger charge is -2.25. The molecular formula is C20H22N4O2. The second kappa shape index (κ2) is 6.71. The maximum Gasteiger partial charge on any atom is 0.256 e.